The molecule has 2 aromatic carbocycles. The number of nitrogens with one attached hydrogen (secondary N) is 3. The van der Waals surface area contributed by atoms with E-state index in [2.05, 4.69) is 46.9 Å². The zero-order valence-electron chi connectivity index (χ0n) is 29.7. The van der Waals surface area contributed by atoms with Crippen molar-refractivity contribution < 1.29 is 24.3 Å². The molecule has 2 atom stereocenters. The number of piperidine rings is 2. The molecule has 3 saturated heterocycles. The van der Waals surface area contributed by atoms with Gasteiger partial charge in [0.2, 0.25) is 11.8 Å². The van der Waals surface area contributed by atoms with Crippen molar-refractivity contribution >= 4 is 40.8 Å². The molecule has 1 saturated carbocycles. The molecule has 0 radical (unpaired) electrons. The van der Waals surface area contributed by atoms with Crippen LogP contribution in [0, 0.1) is 11.8 Å². The monoisotopic (exact) mass is 719 g/mol. The molecule has 9 rings (SSSR count). The van der Waals surface area contributed by atoms with Crippen LogP contribution >= 0.6 is 0 Å². The Kier molecular flexibility index (Phi) is 8.73. The number of piperazine rings is 1. The lowest BCUT2D eigenvalue weighted by Gasteiger charge is -2.48. The van der Waals surface area contributed by atoms with E-state index in [0.29, 0.717) is 46.3 Å². The van der Waals surface area contributed by atoms with Gasteiger partial charge in [0.1, 0.15) is 11.8 Å². The number of hydrogen-bond donors (Lipinski definition) is 4. The van der Waals surface area contributed by atoms with Gasteiger partial charge >= 0.3 is 0 Å². The van der Waals surface area contributed by atoms with Crippen molar-refractivity contribution in [1.82, 2.24) is 30.6 Å². The molecule has 0 spiro atoms. The minimum absolute atomic E-state index is 0.106. The predicted octanol–water partition coefficient (Wildman–Crippen LogP) is 2.45. The fourth-order valence-corrected chi connectivity index (χ4v) is 9.14. The molecule has 14 heteroatoms. The fourth-order valence-electron chi connectivity index (χ4n) is 9.14. The van der Waals surface area contributed by atoms with Crippen LogP contribution in [0.15, 0.2) is 48.5 Å². The van der Waals surface area contributed by atoms with Crippen molar-refractivity contribution in [2.45, 2.75) is 56.7 Å². The number of phenols is 1. The van der Waals surface area contributed by atoms with Crippen LogP contribution < -0.4 is 25.8 Å². The molecular formula is C39H45N9O5. The number of anilines is 3. The molecule has 53 heavy (non-hydrogen) atoms. The summed E-state index contributed by atoms with van der Waals surface area (Å²) >= 11 is 0. The molecule has 3 aromatic rings. The Morgan fingerprint density at radius 2 is 1.66 bits per heavy atom. The quantitative estimate of drug-likeness (QED) is 0.252. The Balaban J connectivity index is 0.714. The first kappa shape index (κ1) is 33.7. The van der Waals surface area contributed by atoms with Crippen LogP contribution in [0.3, 0.4) is 0 Å². The van der Waals surface area contributed by atoms with Crippen LogP contribution in [0.4, 0.5) is 17.2 Å². The summed E-state index contributed by atoms with van der Waals surface area (Å²) in [5.74, 6) is 0.417. The van der Waals surface area contributed by atoms with Gasteiger partial charge in [-0.2, -0.15) is 0 Å². The van der Waals surface area contributed by atoms with Gasteiger partial charge in [-0.05, 0) is 86.9 Å². The molecule has 276 valence electrons. The van der Waals surface area contributed by atoms with Gasteiger partial charge in [-0.25, -0.2) is 0 Å². The first-order valence-electron chi connectivity index (χ1n) is 19.0. The molecule has 1 aliphatic carbocycles. The summed E-state index contributed by atoms with van der Waals surface area (Å²) < 4.78 is 0. The van der Waals surface area contributed by atoms with Crippen molar-refractivity contribution in [3.05, 3.63) is 59.7 Å². The molecule has 4 fully saturated rings. The minimum atomic E-state index is -0.954. The number of phenolic OH excluding ortho intramolecular Hbond substituents is 1. The number of aromatic hydroxyl groups is 1. The third kappa shape index (κ3) is 6.37. The van der Waals surface area contributed by atoms with Crippen LogP contribution in [0.1, 0.15) is 59.2 Å². The Morgan fingerprint density at radius 1 is 0.849 bits per heavy atom. The number of amides is 4. The summed E-state index contributed by atoms with van der Waals surface area (Å²) in [7, 11) is 0. The van der Waals surface area contributed by atoms with E-state index in [4.69, 9.17) is 0 Å². The van der Waals surface area contributed by atoms with E-state index in [1.165, 1.54) is 12.8 Å². The van der Waals surface area contributed by atoms with Crippen molar-refractivity contribution in [3.63, 3.8) is 0 Å². The topological polar surface area (TPSA) is 163 Å². The molecule has 0 bridgehead atoms. The number of fused-ring (bicyclic) bond motifs is 4. The second kappa shape index (κ2) is 13.7. The molecule has 6 heterocycles. The summed E-state index contributed by atoms with van der Waals surface area (Å²) in [6, 6.07) is 14.7. The number of rotatable bonds is 8. The molecule has 4 N–H and O–H groups in total. The molecule has 1 aromatic heterocycles. The number of carbonyl (C=O) groups excluding carboxylic acids is 4. The maximum atomic E-state index is 13.3. The molecule has 1 unspecified atom stereocenters. The van der Waals surface area contributed by atoms with Crippen molar-refractivity contribution in [2.24, 2.45) is 11.8 Å². The van der Waals surface area contributed by atoms with Crippen LogP contribution in [0.2, 0.25) is 0 Å². The van der Waals surface area contributed by atoms with Gasteiger partial charge in [-0.3, -0.25) is 34.3 Å². The van der Waals surface area contributed by atoms with Gasteiger partial charge in [-0.1, -0.05) is 12.1 Å². The average Bonchev–Trinajstić information content (AvgIpc) is 3.40. The summed E-state index contributed by atoms with van der Waals surface area (Å²) in [6.45, 7) is 7.73. The fraction of sp³-hybridized carbons (Fsp3) is 0.487. The van der Waals surface area contributed by atoms with E-state index in [9.17, 15) is 24.3 Å². The molecule has 4 amide bonds. The number of aromatic nitrogens is 2. The lowest BCUT2D eigenvalue weighted by molar-refractivity contribution is -0.136. The van der Waals surface area contributed by atoms with Gasteiger partial charge in [-0.15, -0.1) is 10.2 Å². The number of carbonyl (C=O) groups is 4. The Bertz CT molecular complexity index is 1960. The van der Waals surface area contributed by atoms with E-state index in [1.807, 2.05) is 24.3 Å². The highest BCUT2D eigenvalue weighted by atomic mass is 16.3. The number of nitrogens with zero attached hydrogens (tertiary/aromatic N) is 6. The molecular weight excluding hydrogens is 674 g/mol. The highest BCUT2D eigenvalue weighted by Crippen LogP contribution is 2.37. The maximum Gasteiger partial charge on any atom is 0.262 e. The third-order valence-corrected chi connectivity index (χ3v) is 12.2. The second-order valence-electron chi connectivity index (χ2n) is 15.5. The largest absolute Gasteiger partial charge is 0.507 e. The maximum absolute atomic E-state index is 13.3. The predicted molar refractivity (Wildman–Crippen MR) is 198 cm³/mol. The van der Waals surface area contributed by atoms with E-state index in [0.717, 1.165) is 87.3 Å². The zero-order chi connectivity index (χ0) is 36.2. The SMILES string of the molecule is O=C1CCC(N2C(=O)c3ccc(N4CCC(CNC5CC(CN6CCN7c8cc(-c9ccccc9O)nnc8NC[C@H]7C6)C5)CC4)cc3C2=O)C(=O)N1. The van der Waals surface area contributed by atoms with Crippen molar-refractivity contribution in [3.8, 4) is 17.0 Å². The van der Waals surface area contributed by atoms with E-state index in [1.54, 1.807) is 18.2 Å². The average molecular weight is 720 g/mol. The highest BCUT2D eigenvalue weighted by molar-refractivity contribution is 6.23. The Morgan fingerprint density at radius 3 is 2.47 bits per heavy atom. The third-order valence-electron chi connectivity index (χ3n) is 12.2. The highest BCUT2D eigenvalue weighted by Gasteiger charge is 2.45. The smallest absolute Gasteiger partial charge is 0.262 e. The summed E-state index contributed by atoms with van der Waals surface area (Å²) in [5.41, 5.74) is 4.00. The normalized spacial score (nSPS) is 26.1. The zero-order valence-corrected chi connectivity index (χ0v) is 29.7. The van der Waals surface area contributed by atoms with Crippen LogP contribution in [-0.4, -0.2) is 119 Å². The Labute approximate surface area is 307 Å². The van der Waals surface area contributed by atoms with Crippen molar-refractivity contribution in [1.29, 1.82) is 0 Å². The van der Waals surface area contributed by atoms with E-state index in [-0.39, 0.29) is 24.5 Å². The van der Waals surface area contributed by atoms with Crippen molar-refractivity contribution in [2.75, 3.05) is 67.5 Å². The number of para-hydroxylation sites is 1. The van der Waals surface area contributed by atoms with Gasteiger partial charge in [0.05, 0.1) is 28.6 Å². The number of benzene rings is 2. The number of hydrogen-bond acceptors (Lipinski definition) is 12. The molecule has 14 nitrogen and oxygen atoms in total. The molecule has 6 aliphatic rings. The van der Waals surface area contributed by atoms with Gasteiger partial charge < -0.3 is 25.5 Å². The lowest BCUT2D eigenvalue weighted by Crippen LogP contribution is -2.59. The summed E-state index contributed by atoms with van der Waals surface area (Å²) in [6.07, 6.45) is 4.79. The van der Waals surface area contributed by atoms with Gasteiger partial charge in [0.25, 0.3) is 11.8 Å². The summed E-state index contributed by atoms with van der Waals surface area (Å²) in [4.78, 5) is 58.8. The van der Waals surface area contributed by atoms with Gasteiger partial charge in [0.15, 0.2) is 5.82 Å². The van der Waals surface area contributed by atoms with Crippen LogP contribution in [-0.2, 0) is 9.59 Å². The van der Waals surface area contributed by atoms with E-state index >= 15 is 0 Å². The van der Waals surface area contributed by atoms with E-state index < -0.39 is 23.8 Å². The first-order valence-corrected chi connectivity index (χ1v) is 19.0. The second-order valence-corrected chi connectivity index (χ2v) is 15.5. The summed E-state index contributed by atoms with van der Waals surface area (Å²) in [5, 5.41) is 28.8. The molecule has 5 aliphatic heterocycles. The Hall–Kier alpha value is -5.08. The lowest BCUT2D eigenvalue weighted by atomic mass is 9.79. The van der Waals surface area contributed by atoms with Gasteiger partial charge in [0, 0.05) is 69.5 Å². The number of imide groups is 2. The van der Waals surface area contributed by atoms with Crippen LogP contribution in [0.25, 0.3) is 11.3 Å². The minimum Gasteiger partial charge on any atom is -0.507 e. The standard InChI is InChI=1S/C39H45N9O5/c49-34-4-2-1-3-29(34)31-18-33-36(44-43-31)41-20-27-22-45(13-14-47(27)33)21-24-15-25(16-24)40-19-23-9-11-46(12-10-23)26-5-6-28-30(17-26)39(53)48(38(28)52)32-7-8-35(50)42-37(32)51/h1-6,17-18,23-25,27,32,40,49H,7-16,19-22H2,(H,41,44)(H,42,50,51)/t24?,25?,27-,32?/m0/s1. The first-order chi connectivity index (χ1) is 25.8. The van der Waals surface area contributed by atoms with Crippen LogP contribution in [0.5, 0.6) is 5.75 Å².